The maximum absolute atomic E-state index is 5.17. The molecule has 0 aliphatic carbocycles. The van der Waals surface area contributed by atoms with Crippen molar-refractivity contribution in [1.29, 1.82) is 0 Å². The van der Waals surface area contributed by atoms with Gasteiger partial charge in [0.05, 0.1) is 6.20 Å². The molecule has 0 spiro atoms. The van der Waals surface area contributed by atoms with Crippen molar-refractivity contribution in [2.24, 2.45) is 0 Å². The van der Waals surface area contributed by atoms with Crippen molar-refractivity contribution in [2.45, 2.75) is 12.5 Å². The second-order valence-electron chi connectivity index (χ2n) is 3.97. The van der Waals surface area contributed by atoms with Gasteiger partial charge in [-0.2, -0.15) is 4.98 Å². The molecule has 1 aliphatic heterocycles. The van der Waals surface area contributed by atoms with E-state index in [0.717, 1.165) is 19.5 Å². The quantitative estimate of drug-likeness (QED) is 0.789. The third kappa shape index (κ3) is 1.51. The Morgan fingerprint density at radius 2 is 2.44 bits per heavy atom. The summed E-state index contributed by atoms with van der Waals surface area (Å²) in [6.07, 6.45) is 4.20. The summed E-state index contributed by atoms with van der Waals surface area (Å²) in [4.78, 5) is 14.7. The highest BCUT2D eigenvalue weighted by Crippen LogP contribution is 2.16. The molecule has 1 N–H and O–H groups in total. The molecule has 6 heteroatoms. The molecule has 0 aromatic carbocycles. The second-order valence-corrected chi connectivity index (χ2v) is 3.97. The van der Waals surface area contributed by atoms with Crippen LogP contribution in [0.3, 0.4) is 0 Å². The Kier molecular flexibility index (Phi) is 2.21. The molecule has 1 aliphatic rings. The lowest BCUT2D eigenvalue weighted by molar-refractivity contribution is 0.587. The van der Waals surface area contributed by atoms with Crippen LogP contribution in [0.2, 0.25) is 0 Å². The zero-order chi connectivity index (χ0) is 11.0. The van der Waals surface area contributed by atoms with Crippen LogP contribution in [0.25, 0.3) is 11.2 Å². The number of oxazole rings is 1. The van der Waals surface area contributed by atoms with E-state index in [0.29, 0.717) is 23.2 Å². The summed E-state index contributed by atoms with van der Waals surface area (Å²) in [6, 6.07) is 0.459. The van der Waals surface area contributed by atoms with E-state index in [1.165, 1.54) is 6.39 Å². The van der Waals surface area contributed by atoms with Crippen LogP contribution in [0.5, 0.6) is 0 Å². The van der Waals surface area contributed by atoms with Gasteiger partial charge in [0.1, 0.15) is 5.52 Å². The fourth-order valence-electron chi connectivity index (χ4n) is 1.96. The Morgan fingerprint density at radius 1 is 1.50 bits per heavy atom. The minimum Gasteiger partial charge on any atom is -0.425 e. The third-order valence-electron chi connectivity index (χ3n) is 2.98. The van der Waals surface area contributed by atoms with Gasteiger partial charge in [-0.15, -0.1) is 0 Å². The fraction of sp³-hybridized carbons (Fsp3) is 0.500. The Bertz CT molecular complexity index is 491. The smallest absolute Gasteiger partial charge is 0.251 e. The van der Waals surface area contributed by atoms with E-state index in [4.69, 9.17) is 4.42 Å². The first-order valence-electron chi connectivity index (χ1n) is 5.34. The van der Waals surface area contributed by atoms with Gasteiger partial charge in [0.2, 0.25) is 5.95 Å². The van der Waals surface area contributed by atoms with Crippen LogP contribution < -0.4 is 10.2 Å². The van der Waals surface area contributed by atoms with E-state index in [9.17, 15) is 0 Å². The van der Waals surface area contributed by atoms with Gasteiger partial charge in [-0.05, 0) is 13.0 Å². The summed E-state index contributed by atoms with van der Waals surface area (Å²) < 4.78 is 5.17. The van der Waals surface area contributed by atoms with Crippen LogP contribution >= 0.6 is 0 Å². The van der Waals surface area contributed by atoms with Gasteiger partial charge in [-0.25, -0.2) is 9.97 Å². The van der Waals surface area contributed by atoms with Crippen molar-refractivity contribution < 1.29 is 4.42 Å². The van der Waals surface area contributed by atoms with Crippen LogP contribution in [0.4, 0.5) is 5.95 Å². The molecule has 1 saturated heterocycles. The first kappa shape index (κ1) is 9.53. The van der Waals surface area contributed by atoms with Crippen molar-refractivity contribution >= 4 is 17.2 Å². The van der Waals surface area contributed by atoms with Crippen molar-refractivity contribution in [2.75, 3.05) is 25.0 Å². The highest BCUT2D eigenvalue weighted by Gasteiger charge is 2.21. The molecule has 0 bridgehead atoms. The number of rotatable bonds is 2. The molecule has 0 amide bonds. The predicted molar refractivity (Wildman–Crippen MR) is 59.3 cm³/mol. The molecule has 6 nitrogen and oxygen atoms in total. The number of aromatic nitrogens is 3. The summed E-state index contributed by atoms with van der Waals surface area (Å²) >= 11 is 0. The van der Waals surface area contributed by atoms with Crippen molar-refractivity contribution in [3.05, 3.63) is 12.6 Å². The van der Waals surface area contributed by atoms with Gasteiger partial charge in [-0.1, -0.05) is 0 Å². The standard InChI is InChI=1S/C10H13N5O/c1-15(7-2-3-11-4-7)10-12-5-8-9(14-10)16-6-13-8/h5-7,11H,2-4H2,1H3. The summed E-state index contributed by atoms with van der Waals surface area (Å²) in [5.41, 5.74) is 1.24. The first-order valence-corrected chi connectivity index (χ1v) is 5.34. The van der Waals surface area contributed by atoms with Crippen LogP contribution in [0.1, 0.15) is 6.42 Å². The molecule has 1 atom stereocenters. The summed E-state index contributed by atoms with van der Waals surface area (Å²) in [5, 5.41) is 3.32. The molecule has 84 valence electrons. The number of nitrogens with one attached hydrogen (secondary N) is 1. The van der Waals surface area contributed by atoms with E-state index in [2.05, 4.69) is 25.2 Å². The lowest BCUT2D eigenvalue weighted by atomic mass is 10.2. The highest BCUT2D eigenvalue weighted by molar-refractivity contribution is 5.67. The van der Waals surface area contributed by atoms with E-state index in [1.54, 1.807) is 6.20 Å². The lowest BCUT2D eigenvalue weighted by Crippen LogP contribution is -2.34. The van der Waals surface area contributed by atoms with Gasteiger partial charge >= 0.3 is 0 Å². The Morgan fingerprint density at radius 3 is 3.25 bits per heavy atom. The molecule has 0 radical (unpaired) electrons. The lowest BCUT2D eigenvalue weighted by Gasteiger charge is -2.23. The summed E-state index contributed by atoms with van der Waals surface area (Å²) in [6.45, 7) is 2.04. The molecule has 2 aromatic rings. The highest BCUT2D eigenvalue weighted by atomic mass is 16.3. The average Bonchev–Trinajstić information content (AvgIpc) is 2.98. The second kappa shape index (κ2) is 3.71. The van der Waals surface area contributed by atoms with Crippen molar-refractivity contribution in [3.63, 3.8) is 0 Å². The monoisotopic (exact) mass is 219 g/mol. The molecule has 2 aromatic heterocycles. The molecule has 1 fully saturated rings. The predicted octanol–water partition coefficient (Wildman–Crippen LogP) is 0.416. The topological polar surface area (TPSA) is 67.1 Å². The minimum atomic E-state index is 0.459. The molecule has 3 heterocycles. The van der Waals surface area contributed by atoms with Crippen LogP contribution in [0, 0.1) is 0 Å². The average molecular weight is 219 g/mol. The van der Waals surface area contributed by atoms with Gasteiger partial charge in [0.25, 0.3) is 5.71 Å². The van der Waals surface area contributed by atoms with Crippen molar-refractivity contribution in [3.8, 4) is 0 Å². The SMILES string of the molecule is CN(c1ncc2ncoc2n1)C1CCNC1. The zero-order valence-corrected chi connectivity index (χ0v) is 9.05. The Balaban J connectivity index is 1.91. The zero-order valence-electron chi connectivity index (χ0n) is 9.05. The maximum Gasteiger partial charge on any atom is 0.251 e. The van der Waals surface area contributed by atoms with E-state index in [-0.39, 0.29) is 0 Å². The van der Waals surface area contributed by atoms with Crippen LogP contribution in [-0.2, 0) is 0 Å². The molecule has 1 unspecified atom stereocenters. The van der Waals surface area contributed by atoms with E-state index >= 15 is 0 Å². The number of hydrogen-bond acceptors (Lipinski definition) is 6. The number of fused-ring (bicyclic) bond motifs is 1. The molecule has 3 rings (SSSR count). The van der Waals surface area contributed by atoms with E-state index < -0.39 is 0 Å². The van der Waals surface area contributed by atoms with Crippen LogP contribution in [0.15, 0.2) is 17.0 Å². The van der Waals surface area contributed by atoms with Crippen molar-refractivity contribution in [1.82, 2.24) is 20.3 Å². The molecule has 0 saturated carbocycles. The van der Waals surface area contributed by atoms with Gasteiger partial charge in [0.15, 0.2) is 6.39 Å². The summed E-state index contributed by atoms with van der Waals surface area (Å²) in [7, 11) is 2.01. The molecular formula is C10H13N5O. The Labute approximate surface area is 92.7 Å². The van der Waals surface area contributed by atoms with E-state index in [1.807, 2.05) is 7.05 Å². The number of hydrogen-bond donors (Lipinski definition) is 1. The molecular weight excluding hydrogens is 206 g/mol. The van der Waals surface area contributed by atoms with Gasteiger partial charge in [0, 0.05) is 19.6 Å². The fourth-order valence-corrected chi connectivity index (χ4v) is 1.96. The number of likely N-dealkylation sites (N-methyl/N-ethyl adjacent to an activating group) is 1. The summed E-state index contributed by atoms with van der Waals surface area (Å²) in [5.74, 6) is 0.693. The normalized spacial score (nSPS) is 20.4. The maximum atomic E-state index is 5.17. The number of anilines is 1. The minimum absolute atomic E-state index is 0.459. The van der Waals surface area contributed by atoms with Gasteiger partial charge in [-0.3, -0.25) is 0 Å². The largest absolute Gasteiger partial charge is 0.425 e. The van der Waals surface area contributed by atoms with Crippen LogP contribution in [-0.4, -0.2) is 41.1 Å². The van der Waals surface area contributed by atoms with Gasteiger partial charge < -0.3 is 14.6 Å². The first-order chi connectivity index (χ1) is 7.84. The Hall–Kier alpha value is -1.69. The third-order valence-corrected chi connectivity index (χ3v) is 2.98. The molecule has 16 heavy (non-hydrogen) atoms. The number of nitrogens with zero attached hydrogens (tertiary/aromatic N) is 4.